The van der Waals surface area contributed by atoms with Gasteiger partial charge in [-0.1, -0.05) is 102 Å². The van der Waals surface area contributed by atoms with Crippen LogP contribution in [0.15, 0.2) is 24.3 Å². The van der Waals surface area contributed by atoms with E-state index in [0.717, 1.165) is 32.1 Å². The number of ether oxygens (including phenoxy) is 3. The molecule has 2 atom stereocenters. The van der Waals surface area contributed by atoms with E-state index < -0.39 is 18.1 Å². The number of carbonyl (C=O) groups excluding carboxylic acids is 2. The van der Waals surface area contributed by atoms with Gasteiger partial charge in [-0.05, 0) is 51.4 Å². The zero-order valence-electron chi connectivity index (χ0n) is 30.3. The Morgan fingerprint density at radius 2 is 1.13 bits per heavy atom. The molecule has 0 saturated carbocycles. The summed E-state index contributed by atoms with van der Waals surface area (Å²) in [6, 6.07) is -0.615. The Balaban J connectivity index is 4.41. The molecule has 0 heterocycles. The van der Waals surface area contributed by atoms with Crippen LogP contribution < -0.4 is 0 Å². The Morgan fingerprint density at radius 1 is 0.630 bits per heavy atom. The minimum atomic E-state index is -0.881. The molecule has 0 rings (SSSR count). The number of aliphatic carboxylic acids is 1. The Kier molecular flexibility index (Phi) is 28.7. The van der Waals surface area contributed by atoms with E-state index in [1.165, 1.54) is 77.0 Å². The van der Waals surface area contributed by atoms with Gasteiger partial charge in [0.05, 0.1) is 34.4 Å². The lowest BCUT2D eigenvalue weighted by molar-refractivity contribution is -0.887. The first kappa shape index (κ1) is 43.8. The van der Waals surface area contributed by atoms with Crippen molar-refractivity contribution in [2.75, 3.05) is 41.0 Å². The minimum Gasteiger partial charge on any atom is -0.477 e. The van der Waals surface area contributed by atoms with Gasteiger partial charge in [0, 0.05) is 19.3 Å². The molecule has 0 aromatic rings. The second kappa shape index (κ2) is 30.2. The lowest BCUT2D eigenvalue weighted by Crippen LogP contribution is -2.50. The van der Waals surface area contributed by atoms with Gasteiger partial charge in [0.25, 0.3) is 0 Å². The molecular formula is C38H70NO7+. The van der Waals surface area contributed by atoms with Gasteiger partial charge >= 0.3 is 17.9 Å². The second-order valence-electron chi connectivity index (χ2n) is 13.5. The maximum Gasteiger partial charge on any atom is 0.362 e. The maximum absolute atomic E-state index is 12.6. The van der Waals surface area contributed by atoms with Crippen LogP contribution in [0.25, 0.3) is 0 Å². The van der Waals surface area contributed by atoms with Crippen molar-refractivity contribution in [3.8, 4) is 0 Å². The van der Waals surface area contributed by atoms with E-state index in [9.17, 15) is 19.5 Å². The van der Waals surface area contributed by atoms with Crippen LogP contribution in [-0.2, 0) is 28.6 Å². The van der Waals surface area contributed by atoms with Crippen molar-refractivity contribution < 1.29 is 38.2 Å². The first-order valence-electron chi connectivity index (χ1n) is 18.4. The smallest absolute Gasteiger partial charge is 0.362 e. The molecule has 0 saturated heterocycles. The van der Waals surface area contributed by atoms with Gasteiger partial charge in [-0.3, -0.25) is 9.59 Å². The summed E-state index contributed by atoms with van der Waals surface area (Å²) in [5.74, 6) is -1.54. The SMILES string of the molecule is CCCCC/C=C/CCC(=O)OCC(COCCC(C(=O)O)[N+](C)(C)C)OC(=O)CCCCCCCCC/C=C/CCCCCC. The van der Waals surface area contributed by atoms with Crippen molar-refractivity contribution in [3.05, 3.63) is 24.3 Å². The Bertz CT molecular complexity index is 818. The predicted molar refractivity (Wildman–Crippen MR) is 188 cm³/mol. The van der Waals surface area contributed by atoms with Gasteiger partial charge < -0.3 is 23.8 Å². The predicted octanol–water partition coefficient (Wildman–Crippen LogP) is 8.96. The molecule has 0 aromatic carbocycles. The second-order valence-corrected chi connectivity index (χ2v) is 13.5. The molecule has 0 aliphatic heterocycles. The van der Waals surface area contributed by atoms with Crippen LogP contribution in [0.5, 0.6) is 0 Å². The molecule has 0 fully saturated rings. The van der Waals surface area contributed by atoms with Crippen LogP contribution in [0.1, 0.15) is 149 Å². The highest BCUT2D eigenvalue weighted by atomic mass is 16.6. The average Bonchev–Trinajstić information content (AvgIpc) is 3.00. The summed E-state index contributed by atoms with van der Waals surface area (Å²) < 4.78 is 17.1. The van der Waals surface area contributed by atoms with Crippen LogP contribution in [0, 0.1) is 0 Å². The molecule has 1 N–H and O–H groups in total. The van der Waals surface area contributed by atoms with E-state index in [2.05, 4.69) is 32.1 Å². The Labute approximate surface area is 281 Å². The third kappa shape index (κ3) is 28.1. The summed E-state index contributed by atoms with van der Waals surface area (Å²) in [5.41, 5.74) is 0. The summed E-state index contributed by atoms with van der Waals surface area (Å²) in [6.45, 7) is 4.60. The molecule has 0 bridgehead atoms. The largest absolute Gasteiger partial charge is 0.477 e. The van der Waals surface area contributed by atoms with Gasteiger partial charge in [-0.2, -0.15) is 0 Å². The fourth-order valence-corrected chi connectivity index (χ4v) is 5.16. The molecule has 268 valence electrons. The molecule has 2 unspecified atom stereocenters. The Hall–Kier alpha value is -2.19. The van der Waals surface area contributed by atoms with E-state index >= 15 is 0 Å². The minimum absolute atomic E-state index is 0.0495. The maximum atomic E-state index is 12.6. The average molecular weight is 653 g/mol. The summed E-state index contributed by atoms with van der Waals surface area (Å²) in [4.78, 5) is 36.5. The summed E-state index contributed by atoms with van der Waals surface area (Å²) in [7, 11) is 5.50. The topological polar surface area (TPSA) is 99.1 Å². The Morgan fingerprint density at radius 3 is 1.70 bits per heavy atom. The third-order valence-corrected chi connectivity index (χ3v) is 8.09. The summed E-state index contributed by atoms with van der Waals surface area (Å²) in [6.07, 6.45) is 29.6. The summed E-state index contributed by atoms with van der Waals surface area (Å²) in [5, 5.41) is 9.55. The van der Waals surface area contributed by atoms with Crippen molar-refractivity contribution in [3.63, 3.8) is 0 Å². The molecule has 8 heteroatoms. The number of likely N-dealkylation sites (N-methyl/N-ethyl adjacent to an activating group) is 1. The van der Waals surface area contributed by atoms with E-state index in [1.807, 2.05) is 27.2 Å². The van der Waals surface area contributed by atoms with Crippen molar-refractivity contribution in [2.45, 2.75) is 161 Å². The van der Waals surface area contributed by atoms with Gasteiger partial charge in [0.2, 0.25) is 0 Å². The van der Waals surface area contributed by atoms with Crippen LogP contribution in [0.4, 0.5) is 0 Å². The highest BCUT2D eigenvalue weighted by molar-refractivity contribution is 5.72. The summed E-state index contributed by atoms with van der Waals surface area (Å²) >= 11 is 0. The van der Waals surface area contributed by atoms with Crippen LogP contribution in [0.3, 0.4) is 0 Å². The fraction of sp³-hybridized carbons (Fsp3) is 0.816. The van der Waals surface area contributed by atoms with Gasteiger partial charge in [-0.25, -0.2) is 4.79 Å². The molecule has 0 amide bonds. The normalized spacial score (nSPS) is 13.3. The van der Waals surface area contributed by atoms with Crippen molar-refractivity contribution in [1.29, 1.82) is 0 Å². The van der Waals surface area contributed by atoms with Crippen LogP contribution >= 0.6 is 0 Å². The molecule has 46 heavy (non-hydrogen) atoms. The monoisotopic (exact) mass is 653 g/mol. The van der Waals surface area contributed by atoms with E-state index in [1.54, 1.807) is 0 Å². The van der Waals surface area contributed by atoms with Crippen LogP contribution in [0.2, 0.25) is 0 Å². The van der Waals surface area contributed by atoms with Crippen LogP contribution in [-0.4, -0.2) is 80.6 Å². The van der Waals surface area contributed by atoms with E-state index in [0.29, 0.717) is 19.3 Å². The van der Waals surface area contributed by atoms with Crippen molar-refractivity contribution >= 4 is 17.9 Å². The van der Waals surface area contributed by atoms with Gasteiger partial charge in [0.1, 0.15) is 6.61 Å². The number of carboxylic acids is 1. The quantitative estimate of drug-likeness (QED) is 0.0335. The fourth-order valence-electron chi connectivity index (χ4n) is 5.16. The number of hydrogen-bond acceptors (Lipinski definition) is 6. The lowest BCUT2D eigenvalue weighted by atomic mass is 10.1. The number of hydrogen-bond donors (Lipinski definition) is 1. The zero-order chi connectivity index (χ0) is 34.3. The number of rotatable bonds is 32. The molecule has 0 aliphatic carbocycles. The molecule has 0 spiro atoms. The van der Waals surface area contributed by atoms with E-state index in [-0.39, 0.29) is 42.7 Å². The molecule has 8 nitrogen and oxygen atoms in total. The number of carboxylic acid groups (broad SMARTS) is 1. The number of allylic oxidation sites excluding steroid dienone is 4. The van der Waals surface area contributed by atoms with E-state index in [4.69, 9.17) is 14.2 Å². The number of quaternary nitrogens is 1. The highest BCUT2D eigenvalue weighted by Gasteiger charge is 2.31. The molecule has 0 radical (unpaired) electrons. The molecular weight excluding hydrogens is 582 g/mol. The first-order valence-corrected chi connectivity index (χ1v) is 18.4. The first-order chi connectivity index (χ1) is 22.1. The number of carbonyl (C=O) groups is 3. The number of nitrogens with zero attached hydrogens (tertiary/aromatic N) is 1. The molecule has 0 aliphatic rings. The van der Waals surface area contributed by atoms with Gasteiger partial charge in [-0.15, -0.1) is 0 Å². The third-order valence-electron chi connectivity index (χ3n) is 8.09. The van der Waals surface area contributed by atoms with Crippen molar-refractivity contribution in [2.24, 2.45) is 0 Å². The number of unbranched alkanes of at least 4 members (excludes halogenated alkanes) is 14. The molecule has 0 aromatic heterocycles. The van der Waals surface area contributed by atoms with Crippen molar-refractivity contribution in [1.82, 2.24) is 0 Å². The zero-order valence-corrected chi connectivity index (χ0v) is 30.3. The lowest BCUT2D eigenvalue weighted by Gasteiger charge is -2.31. The number of esters is 2. The van der Waals surface area contributed by atoms with Gasteiger partial charge in [0.15, 0.2) is 12.1 Å². The highest BCUT2D eigenvalue weighted by Crippen LogP contribution is 2.13. The standard InChI is InChI=1S/C38H69NO7/c1-6-8-10-12-14-15-16-17-18-19-20-21-23-25-27-29-37(41)46-34(32-44-31-30-35(38(42)43)39(3,4)5)33-45-36(40)28-26-24-22-13-11-9-7-2/h15-16,22,24,34-35H,6-14,17-21,23,25-33H2,1-5H3/p+1/b16-15+,24-22+.